The number of H-pyrrole nitrogens is 2. The molecular weight excluding hydrogens is 326 g/mol. The number of primary amides is 1. The van der Waals surface area contributed by atoms with Gasteiger partial charge in [0.1, 0.15) is 11.7 Å². The van der Waals surface area contributed by atoms with Crippen LogP contribution in [0.4, 0.5) is 0 Å². The van der Waals surface area contributed by atoms with E-state index in [0.717, 1.165) is 0 Å². The Balaban J connectivity index is 1.95. The highest BCUT2D eigenvalue weighted by molar-refractivity contribution is 5.99. The van der Waals surface area contributed by atoms with Crippen molar-refractivity contribution in [2.75, 3.05) is 0 Å². The number of fused-ring (bicyclic) bond motifs is 1. The lowest BCUT2D eigenvalue weighted by molar-refractivity contribution is -0.120. The predicted molar refractivity (Wildman–Crippen MR) is 88.8 cm³/mol. The third kappa shape index (κ3) is 3.29. The molecule has 2 amide bonds. The maximum atomic E-state index is 12.4. The zero-order valence-corrected chi connectivity index (χ0v) is 12.8. The molecule has 0 unspecified atom stereocenters. The van der Waals surface area contributed by atoms with Crippen LogP contribution in [-0.2, 0) is 4.79 Å². The van der Waals surface area contributed by atoms with Crippen molar-refractivity contribution in [3.8, 4) is 0 Å². The molecule has 0 aliphatic rings. The SMILES string of the molecule is NC(=O)[C@@H](NC(=O)c1cnc2[nH]c(=O)[nH]c(=O)c2c1)c1ccccc1. The summed E-state index contributed by atoms with van der Waals surface area (Å²) in [5.74, 6) is -1.36. The lowest BCUT2D eigenvalue weighted by Gasteiger charge is -2.15. The van der Waals surface area contributed by atoms with E-state index in [0.29, 0.717) is 5.56 Å². The minimum absolute atomic E-state index is 0.0441. The lowest BCUT2D eigenvalue weighted by atomic mass is 10.1. The van der Waals surface area contributed by atoms with E-state index in [9.17, 15) is 19.2 Å². The van der Waals surface area contributed by atoms with Crippen LogP contribution in [-0.4, -0.2) is 26.8 Å². The number of pyridine rings is 1. The van der Waals surface area contributed by atoms with Crippen molar-refractivity contribution in [3.05, 3.63) is 74.6 Å². The molecule has 3 rings (SSSR count). The number of aromatic amines is 2. The second-order valence-corrected chi connectivity index (χ2v) is 5.25. The number of carbonyl (C=O) groups excluding carboxylic acids is 2. The molecule has 0 aliphatic carbocycles. The highest BCUT2D eigenvalue weighted by Gasteiger charge is 2.21. The Morgan fingerprint density at radius 3 is 2.52 bits per heavy atom. The first-order valence-corrected chi connectivity index (χ1v) is 7.23. The number of nitrogens with one attached hydrogen (secondary N) is 3. The monoisotopic (exact) mass is 339 g/mol. The molecule has 0 saturated heterocycles. The van der Waals surface area contributed by atoms with E-state index < -0.39 is 29.1 Å². The highest BCUT2D eigenvalue weighted by atomic mass is 16.2. The fourth-order valence-corrected chi connectivity index (χ4v) is 2.35. The number of hydrogen-bond acceptors (Lipinski definition) is 5. The van der Waals surface area contributed by atoms with Crippen LogP contribution >= 0.6 is 0 Å². The highest BCUT2D eigenvalue weighted by Crippen LogP contribution is 2.13. The first-order valence-electron chi connectivity index (χ1n) is 7.23. The Hall–Kier alpha value is -3.75. The Bertz CT molecular complexity index is 1070. The molecule has 5 N–H and O–H groups in total. The summed E-state index contributed by atoms with van der Waals surface area (Å²) in [5.41, 5.74) is 4.63. The summed E-state index contributed by atoms with van der Waals surface area (Å²) >= 11 is 0. The average Bonchev–Trinajstić information content (AvgIpc) is 2.59. The molecule has 2 heterocycles. The van der Waals surface area contributed by atoms with Gasteiger partial charge in [-0.3, -0.25) is 24.4 Å². The van der Waals surface area contributed by atoms with Gasteiger partial charge in [-0.1, -0.05) is 30.3 Å². The average molecular weight is 339 g/mol. The van der Waals surface area contributed by atoms with Crippen molar-refractivity contribution in [3.63, 3.8) is 0 Å². The Kier molecular flexibility index (Phi) is 4.12. The zero-order chi connectivity index (χ0) is 18.0. The van der Waals surface area contributed by atoms with E-state index in [1.54, 1.807) is 30.3 Å². The standard InChI is InChI=1S/C16H13N5O4/c17-12(22)11(8-4-2-1-3-5-8)19-14(23)9-6-10-13(18-7-9)20-16(25)21-15(10)24/h1-7,11H,(H2,17,22)(H,19,23)(H2,18,20,21,24,25)/t11-/m0/s1. The second-order valence-electron chi connectivity index (χ2n) is 5.25. The summed E-state index contributed by atoms with van der Waals surface area (Å²) in [7, 11) is 0. The molecule has 25 heavy (non-hydrogen) atoms. The summed E-state index contributed by atoms with van der Waals surface area (Å²) in [6.45, 7) is 0. The van der Waals surface area contributed by atoms with Crippen LogP contribution in [0.3, 0.4) is 0 Å². The fraction of sp³-hybridized carbons (Fsp3) is 0.0625. The first-order chi connectivity index (χ1) is 12.0. The third-order valence-electron chi connectivity index (χ3n) is 3.55. The molecular formula is C16H13N5O4. The molecule has 1 aromatic carbocycles. The van der Waals surface area contributed by atoms with Gasteiger partial charge in [-0.2, -0.15) is 0 Å². The van der Waals surface area contributed by atoms with Gasteiger partial charge in [0.05, 0.1) is 10.9 Å². The number of benzene rings is 1. The number of carbonyl (C=O) groups is 2. The lowest BCUT2D eigenvalue weighted by Crippen LogP contribution is -2.37. The number of aromatic nitrogens is 3. The van der Waals surface area contributed by atoms with Gasteiger partial charge in [-0.25, -0.2) is 9.78 Å². The largest absolute Gasteiger partial charge is 0.368 e. The van der Waals surface area contributed by atoms with E-state index in [2.05, 4.69) is 20.3 Å². The van der Waals surface area contributed by atoms with Gasteiger partial charge in [-0.15, -0.1) is 0 Å². The van der Waals surface area contributed by atoms with Gasteiger partial charge in [0, 0.05) is 6.20 Å². The summed E-state index contributed by atoms with van der Waals surface area (Å²) in [6.07, 6.45) is 1.19. The molecule has 0 bridgehead atoms. The minimum atomic E-state index is -1.03. The van der Waals surface area contributed by atoms with Gasteiger partial charge >= 0.3 is 5.69 Å². The Morgan fingerprint density at radius 2 is 1.84 bits per heavy atom. The van der Waals surface area contributed by atoms with E-state index >= 15 is 0 Å². The van der Waals surface area contributed by atoms with Crippen molar-refractivity contribution < 1.29 is 9.59 Å². The van der Waals surface area contributed by atoms with Crippen LogP contribution in [0.5, 0.6) is 0 Å². The number of hydrogen-bond donors (Lipinski definition) is 4. The smallest absolute Gasteiger partial charge is 0.327 e. The van der Waals surface area contributed by atoms with Gasteiger partial charge in [-0.05, 0) is 11.6 Å². The molecule has 0 fully saturated rings. The normalized spacial score (nSPS) is 11.8. The molecule has 2 aromatic heterocycles. The number of nitrogens with zero attached hydrogens (tertiary/aromatic N) is 1. The maximum absolute atomic E-state index is 12.4. The molecule has 1 atom stereocenters. The topological polar surface area (TPSA) is 151 Å². The van der Waals surface area contributed by atoms with Crippen molar-refractivity contribution in [1.29, 1.82) is 0 Å². The maximum Gasteiger partial charge on any atom is 0.327 e. The van der Waals surface area contributed by atoms with Crippen LogP contribution in [0, 0.1) is 0 Å². The number of amides is 2. The van der Waals surface area contributed by atoms with Crippen molar-refractivity contribution >= 4 is 22.8 Å². The van der Waals surface area contributed by atoms with Crippen LogP contribution in [0.1, 0.15) is 22.0 Å². The number of rotatable bonds is 4. The third-order valence-corrected chi connectivity index (χ3v) is 3.55. The van der Waals surface area contributed by atoms with Crippen LogP contribution in [0.2, 0.25) is 0 Å². The summed E-state index contributed by atoms with van der Waals surface area (Å²) in [4.78, 5) is 55.4. The molecule has 0 radical (unpaired) electrons. The van der Waals surface area contributed by atoms with Gasteiger partial charge in [0.2, 0.25) is 5.91 Å². The van der Waals surface area contributed by atoms with Crippen LogP contribution in [0.25, 0.3) is 11.0 Å². The molecule has 9 nitrogen and oxygen atoms in total. The second kappa shape index (κ2) is 6.40. The van der Waals surface area contributed by atoms with Crippen LogP contribution < -0.4 is 22.3 Å². The molecule has 3 aromatic rings. The Morgan fingerprint density at radius 1 is 1.12 bits per heavy atom. The van der Waals surface area contributed by atoms with E-state index in [1.165, 1.54) is 12.3 Å². The zero-order valence-electron chi connectivity index (χ0n) is 12.8. The van der Waals surface area contributed by atoms with Gasteiger partial charge in [0.25, 0.3) is 11.5 Å². The van der Waals surface area contributed by atoms with E-state index in [1.807, 2.05) is 0 Å². The first kappa shape index (κ1) is 16.1. The number of nitrogens with two attached hydrogens (primary N) is 1. The molecule has 9 heteroatoms. The summed E-state index contributed by atoms with van der Waals surface area (Å²) in [6, 6.07) is 8.75. The molecule has 0 aliphatic heterocycles. The molecule has 126 valence electrons. The predicted octanol–water partition coefficient (Wildman–Crippen LogP) is -0.432. The quantitative estimate of drug-likeness (QED) is 0.508. The van der Waals surface area contributed by atoms with Crippen molar-refractivity contribution in [2.45, 2.75) is 6.04 Å². The van der Waals surface area contributed by atoms with Gasteiger partial charge < -0.3 is 11.1 Å². The van der Waals surface area contributed by atoms with Crippen molar-refractivity contribution in [1.82, 2.24) is 20.3 Å². The van der Waals surface area contributed by atoms with E-state index in [-0.39, 0.29) is 16.6 Å². The molecule has 0 saturated carbocycles. The Labute approximate surface area is 139 Å². The molecule has 0 spiro atoms. The van der Waals surface area contributed by atoms with Crippen molar-refractivity contribution in [2.24, 2.45) is 5.73 Å². The minimum Gasteiger partial charge on any atom is -0.368 e. The van der Waals surface area contributed by atoms with Crippen LogP contribution in [0.15, 0.2) is 52.2 Å². The fourth-order valence-electron chi connectivity index (χ4n) is 2.35. The summed E-state index contributed by atoms with van der Waals surface area (Å²) in [5, 5.41) is 2.55. The van der Waals surface area contributed by atoms with Gasteiger partial charge in [0.15, 0.2) is 0 Å². The van der Waals surface area contributed by atoms with E-state index in [4.69, 9.17) is 5.73 Å². The summed E-state index contributed by atoms with van der Waals surface area (Å²) < 4.78 is 0.